The molecule has 0 radical (unpaired) electrons. The molecule has 1 heterocycles. The Kier molecular flexibility index (Phi) is 5.05. The molecule has 2 rings (SSSR count). The third-order valence-electron chi connectivity index (χ3n) is 3.56. The minimum Gasteiger partial charge on any atom is -0.391 e. The van der Waals surface area contributed by atoms with E-state index < -0.39 is 6.10 Å². The van der Waals surface area contributed by atoms with E-state index in [4.69, 9.17) is 0 Å². The molecule has 0 saturated heterocycles. The predicted octanol–water partition coefficient (Wildman–Crippen LogP) is 1.40. The first kappa shape index (κ1) is 15.2. The van der Waals surface area contributed by atoms with Gasteiger partial charge < -0.3 is 10.4 Å². The Morgan fingerprint density at radius 2 is 2.29 bits per heavy atom. The molecule has 0 aliphatic heterocycles. The fourth-order valence-electron chi connectivity index (χ4n) is 1.90. The highest BCUT2D eigenvalue weighted by Gasteiger charge is 2.14. The fraction of sp³-hybridized carbons (Fsp3) is 0.400. The molecule has 2 unspecified atom stereocenters. The van der Waals surface area contributed by atoms with Gasteiger partial charge >= 0.3 is 0 Å². The zero-order valence-electron chi connectivity index (χ0n) is 12.2. The Bertz CT molecular complexity index is 583. The van der Waals surface area contributed by atoms with Crippen molar-refractivity contribution in [2.24, 2.45) is 5.92 Å². The molecule has 1 aromatic carbocycles. The number of hydrogen-bond acceptors (Lipinski definition) is 4. The lowest BCUT2D eigenvalue weighted by Gasteiger charge is -2.17. The Morgan fingerprint density at radius 1 is 1.48 bits per heavy atom. The summed E-state index contributed by atoms with van der Waals surface area (Å²) in [6.07, 6.45) is 3.36. The summed E-state index contributed by atoms with van der Waals surface area (Å²) in [7, 11) is 0. The molecule has 2 N–H and O–H groups in total. The average Bonchev–Trinajstić information content (AvgIpc) is 3.06. The minimum absolute atomic E-state index is 0.159. The molecular weight excluding hydrogens is 268 g/mol. The molecule has 6 heteroatoms. The topological polar surface area (TPSA) is 80.0 Å². The highest BCUT2D eigenvalue weighted by molar-refractivity contribution is 5.94. The van der Waals surface area contributed by atoms with Crippen LogP contribution < -0.4 is 5.32 Å². The first-order valence-corrected chi connectivity index (χ1v) is 7.03. The van der Waals surface area contributed by atoms with Crippen LogP contribution in [0.5, 0.6) is 0 Å². The smallest absolute Gasteiger partial charge is 0.251 e. The largest absolute Gasteiger partial charge is 0.391 e. The summed E-state index contributed by atoms with van der Waals surface area (Å²) in [5.41, 5.74) is 1.29. The Labute approximate surface area is 123 Å². The van der Waals surface area contributed by atoms with Gasteiger partial charge in [0.25, 0.3) is 5.91 Å². The van der Waals surface area contributed by atoms with E-state index >= 15 is 0 Å². The van der Waals surface area contributed by atoms with E-state index in [-0.39, 0.29) is 18.4 Å². The van der Waals surface area contributed by atoms with Crippen molar-refractivity contribution in [1.29, 1.82) is 0 Å². The standard InChI is InChI=1S/C15H20N4O2/c1-3-11(2)14(20)8-17-15(21)12-5-4-6-13(7-12)19-10-16-9-18-19/h4-7,9-11,14,20H,3,8H2,1-2H3,(H,17,21). The van der Waals surface area contributed by atoms with Gasteiger partial charge in [-0.1, -0.05) is 26.3 Å². The van der Waals surface area contributed by atoms with Crippen LogP contribution in [0.4, 0.5) is 0 Å². The number of carbonyl (C=O) groups is 1. The maximum atomic E-state index is 12.1. The van der Waals surface area contributed by atoms with E-state index in [1.165, 1.54) is 6.33 Å². The second kappa shape index (κ2) is 6.99. The SMILES string of the molecule is CCC(C)C(O)CNC(=O)c1cccc(-n2cncn2)c1. The van der Waals surface area contributed by atoms with Crippen molar-refractivity contribution in [1.82, 2.24) is 20.1 Å². The number of aromatic nitrogens is 3. The second-order valence-corrected chi connectivity index (χ2v) is 5.05. The lowest BCUT2D eigenvalue weighted by molar-refractivity contribution is 0.0850. The van der Waals surface area contributed by atoms with Gasteiger partial charge in [-0.3, -0.25) is 4.79 Å². The summed E-state index contributed by atoms with van der Waals surface area (Å²) in [5, 5.41) is 16.7. The summed E-state index contributed by atoms with van der Waals surface area (Å²) in [6, 6.07) is 7.10. The molecule has 0 aliphatic rings. The molecule has 0 aliphatic carbocycles. The molecule has 6 nitrogen and oxygen atoms in total. The fourth-order valence-corrected chi connectivity index (χ4v) is 1.90. The van der Waals surface area contributed by atoms with Crippen molar-refractivity contribution in [3.8, 4) is 5.69 Å². The first-order chi connectivity index (χ1) is 10.1. The molecule has 1 aromatic heterocycles. The molecular formula is C15H20N4O2. The molecule has 112 valence electrons. The van der Waals surface area contributed by atoms with Gasteiger partial charge in [-0.05, 0) is 24.1 Å². The predicted molar refractivity (Wildman–Crippen MR) is 79.2 cm³/mol. The molecule has 21 heavy (non-hydrogen) atoms. The van der Waals surface area contributed by atoms with Gasteiger partial charge in [-0.15, -0.1) is 0 Å². The lowest BCUT2D eigenvalue weighted by Crippen LogP contribution is -2.35. The van der Waals surface area contributed by atoms with Gasteiger partial charge in [-0.25, -0.2) is 9.67 Å². The van der Waals surface area contributed by atoms with Crippen LogP contribution in [0.25, 0.3) is 5.69 Å². The maximum absolute atomic E-state index is 12.1. The van der Waals surface area contributed by atoms with Crippen molar-refractivity contribution in [3.05, 3.63) is 42.5 Å². The summed E-state index contributed by atoms with van der Waals surface area (Å²) in [4.78, 5) is 16.0. The van der Waals surface area contributed by atoms with E-state index in [1.54, 1.807) is 29.2 Å². The third-order valence-corrected chi connectivity index (χ3v) is 3.56. The van der Waals surface area contributed by atoms with Crippen LogP contribution in [-0.4, -0.2) is 38.4 Å². The minimum atomic E-state index is -0.530. The normalized spacial score (nSPS) is 13.7. The number of hydrogen-bond donors (Lipinski definition) is 2. The molecule has 0 bridgehead atoms. The zero-order chi connectivity index (χ0) is 15.2. The van der Waals surface area contributed by atoms with E-state index in [1.807, 2.05) is 19.9 Å². The second-order valence-electron chi connectivity index (χ2n) is 5.05. The van der Waals surface area contributed by atoms with Crippen LogP contribution in [0.15, 0.2) is 36.9 Å². The highest BCUT2D eigenvalue weighted by Crippen LogP contribution is 2.10. The van der Waals surface area contributed by atoms with Crippen molar-refractivity contribution >= 4 is 5.91 Å². The summed E-state index contributed by atoms with van der Waals surface area (Å²) >= 11 is 0. The number of carbonyl (C=O) groups excluding carboxylic acids is 1. The van der Waals surface area contributed by atoms with E-state index in [9.17, 15) is 9.90 Å². The third kappa shape index (κ3) is 3.88. The van der Waals surface area contributed by atoms with Crippen LogP contribution in [-0.2, 0) is 0 Å². The van der Waals surface area contributed by atoms with Gasteiger partial charge in [0, 0.05) is 12.1 Å². The van der Waals surface area contributed by atoms with Gasteiger partial charge in [0.15, 0.2) is 0 Å². The number of amides is 1. The van der Waals surface area contributed by atoms with E-state index in [0.29, 0.717) is 5.56 Å². The maximum Gasteiger partial charge on any atom is 0.251 e. The van der Waals surface area contributed by atoms with Crippen LogP contribution in [0.2, 0.25) is 0 Å². The van der Waals surface area contributed by atoms with E-state index in [0.717, 1.165) is 12.1 Å². The van der Waals surface area contributed by atoms with Gasteiger partial charge in [0.2, 0.25) is 0 Å². The number of benzene rings is 1. The Morgan fingerprint density at radius 3 is 2.95 bits per heavy atom. The van der Waals surface area contributed by atoms with Gasteiger partial charge in [0.05, 0.1) is 11.8 Å². The zero-order valence-corrected chi connectivity index (χ0v) is 12.2. The van der Waals surface area contributed by atoms with Gasteiger partial charge in [-0.2, -0.15) is 5.10 Å². The lowest BCUT2D eigenvalue weighted by atomic mass is 10.0. The van der Waals surface area contributed by atoms with Crippen LogP contribution in [0.3, 0.4) is 0 Å². The first-order valence-electron chi connectivity index (χ1n) is 7.03. The molecule has 2 atom stereocenters. The van der Waals surface area contributed by atoms with Crippen molar-refractivity contribution < 1.29 is 9.90 Å². The van der Waals surface area contributed by atoms with Crippen molar-refractivity contribution in [2.45, 2.75) is 26.4 Å². The van der Waals surface area contributed by atoms with E-state index in [2.05, 4.69) is 15.4 Å². The molecule has 0 spiro atoms. The Balaban J connectivity index is 2.01. The van der Waals surface area contributed by atoms with Crippen molar-refractivity contribution in [2.75, 3.05) is 6.54 Å². The summed E-state index contributed by atoms with van der Waals surface area (Å²) in [5.74, 6) is -0.0499. The number of nitrogens with zero attached hydrogens (tertiary/aromatic N) is 3. The summed E-state index contributed by atoms with van der Waals surface area (Å²) in [6.45, 7) is 4.22. The van der Waals surface area contributed by atoms with Crippen LogP contribution in [0, 0.1) is 5.92 Å². The average molecular weight is 288 g/mol. The summed E-state index contributed by atoms with van der Waals surface area (Å²) < 4.78 is 1.59. The van der Waals surface area contributed by atoms with Crippen LogP contribution in [0.1, 0.15) is 30.6 Å². The number of nitrogens with one attached hydrogen (secondary N) is 1. The van der Waals surface area contributed by atoms with Crippen molar-refractivity contribution in [3.63, 3.8) is 0 Å². The monoisotopic (exact) mass is 288 g/mol. The highest BCUT2D eigenvalue weighted by atomic mass is 16.3. The molecule has 0 saturated carbocycles. The quantitative estimate of drug-likeness (QED) is 0.842. The number of aliphatic hydroxyl groups excluding tert-OH is 1. The molecule has 2 aromatic rings. The molecule has 1 amide bonds. The molecule has 0 fully saturated rings. The Hall–Kier alpha value is -2.21. The number of aliphatic hydroxyl groups is 1. The van der Waals surface area contributed by atoms with Crippen LogP contribution >= 0.6 is 0 Å². The van der Waals surface area contributed by atoms with Gasteiger partial charge in [0.1, 0.15) is 12.7 Å². The number of rotatable bonds is 6.